The lowest BCUT2D eigenvalue weighted by Crippen LogP contribution is -2.38. The summed E-state index contributed by atoms with van der Waals surface area (Å²) in [5, 5.41) is 4.78. The number of nitrogens with zero attached hydrogens (tertiary/aromatic N) is 3. The predicted molar refractivity (Wildman–Crippen MR) is 106 cm³/mol. The summed E-state index contributed by atoms with van der Waals surface area (Å²) in [6.45, 7) is 5.46. The molecule has 27 heavy (non-hydrogen) atoms. The van der Waals surface area contributed by atoms with E-state index in [9.17, 15) is 8.42 Å². The van der Waals surface area contributed by atoms with Crippen LogP contribution in [0.2, 0.25) is 0 Å². The molecule has 0 radical (unpaired) electrons. The molecule has 0 unspecified atom stereocenters. The molecule has 3 heterocycles. The Labute approximate surface area is 162 Å². The van der Waals surface area contributed by atoms with Gasteiger partial charge in [-0.25, -0.2) is 18.1 Å². The first kappa shape index (κ1) is 18.4. The number of thiazole rings is 1. The van der Waals surface area contributed by atoms with Crippen molar-refractivity contribution in [1.29, 1.82) is 0 Å². The predicted octanol–water partition coefficient (Wildman–Crippen LogP) is 3.10. The molecule has 1 saturated heterocycles. The van der Waals surface area contributed by atoms with Gasteiger partial charge in [0.15, 0.2) is 10.9 Å². The quantitative estimate of drug-likeness (QED) is 0.700. The summed E-state index contributed by atoms with van der Waals surface area (Å²) in [7, 11) is -3.59. The van der Waals surface area contributed by atoms with E-state index in [2.05, 4.69) is 20.8 Å². The standard InChI is InChI=1S/C18H22N4O3S2/c1-12-17(13(2)25-21-12)27(23,24)19-11-14-7-9-22(10-8-14)18-20-15-5-3-4-6-16(15)26-18/h3-6,14,19H,7-11H2,1-2H3. The van der Waals surface area contributed by atoms with Gasteiger partial charge in [-0.15, -0.1) is 0 Å². The van der Waals surface area contributed by atoms with E-state index in [1.54, 1.807) is 25.2 Å². The lowest BCUT2D eigenvalue weighted by Gasteiger charge is -2.31. The molecule has 1 N–H and O–H groups in total. The molecule has 3 aromatic rings. The average molecular weight is 407 g/mol. The third kappa shape index (κ3) is 3.71. The lowest BCUT2D eigenvalue weighted by molar-refractivity contribution is 0.390. The minimum atomic E-state index is -3.59. The summed E-state index contributed by atoms with van der Waals surface area (Å²) in [6, 6.07) is 8.16. The van der Waals surface area contributed by atoms with Gasteiger partial charge in [-0.1, -0.05) is 28.6 Å². The maximum atomic E-state index is 12.5. The monoisotopic (exact) mass is 406 g/mol. The van der Waals surface area contributed by atoms with Crippen LogP contribution in [0.3, 0.4) is 0 Å². The minimum absolute atomic E-state index is 0.161. The highest BCUT2D eigenvalue weighted by atomic mass is 32.2. The Balaban J connectivity index is 1.36. The van der Waals surface area contributed by atoms with Gasteiger partial charge >= 0.3 is 0 Å². The summed E-state index contributed by atoms with van der Waals surface area (Å²) in [5.41, 5.74) is 1.43. The third-order valence-electron chi connectivity index (χ3n) is 4.97. The van der Waals surface area contributed by atoms with E-state index < -0.39 is 10.0 Å². The highest BCUT2D eigenvalue weighted by Gasteiger charge is 2.27. The molecule has 9 heteroatoms. The Kier molecular flexibility index (Phi) is 4.92. The molecule has 0 atom stereocenters. The number of aromatic nitrogens is 2. The molecule has 0 aliphatic carbocycles. The fraction of sp³-hybridized carbons (Fsp3) is 0.444. The molecule has 1 fully saturated rings. The number of fused-ring (bicyclic) bond motifs is 1. The van der Waals surface area contributed by atoms with Crippen LogP contribution in [-0.2, 0) is 10.0 Å². The van der Waals surface area contributed by atoms with Gasteiger partial charge in [0.05, 0.1) is 10.2 Å². The number of nitrogens with one attached hydrogen (secondary N) is 1. The van der Waals surface area contributed by atoms with Crippen LogP contribution < -0.4 is 9.62 Å². The first-order valence-corrected chi connectivity index (χ1v) is 11.3. The highest BCUT2D eigenvalue weighted by molar-refractivity contribution is 7.89. The number of sulfonamides is 1. The van der Waals surface area contributed by atoms with Crippen molar-refractivity contribution in [3.05, 3.63) is 35.7 Å². The second kappa shape index (κ2) is 7.21. The maximum absolute atomic E-state index is 12.5. The minimum Gasteiger partial charge on any atom is -0.360 e. The number of hydrogen-bond donors (Lipinski definition) is 1. The summed E-state index contributed by atoms with van der Waals surface area (Å²) in [5.74, 6) is 0.636. The molecule has 4 rings (SSSR count). The first-order valence-electron chi connectivity index (χ1n) is 8.97. The third-order valence-corrected chi connectivity index (χ3v) is 7.73. The van der Waals surface area contributed by atoms with Crippen molar-refractivity contribution >= 4 is 36.7 Å². The molecule has 1 aromatic carbocycles. The highest BCUT2D eigenvalue weighted by Crippen LogP contribution is 2.31. The molecule has 0 saturated carbocycles. The number of piperidine rings is 1. The van der Waals surface area contributed by atoms with E-state index >= 15 is 0 Å². The van der Waals surface area contributed by atoms with E-state index in [1.165, 1.54) is 4.70 Å². The fourth-order valence-corrected chi connectivity index (χ4v) is 5.94. The Morgan fingerprint density at radius 3 is 2.67 bits per heavy atom. The van der Waals surface area contributed by atoms with Crippen LogP contribution in [0.25, 0.3) is 10.2 Å². The van der Waals surface area contributed by atoms with E-state index in [1.807, 2.05) is 18.2 Å². The van der Waals surface area contributed by atoms with Crippen LogP contribution in [0.1, 0.15) is 24.3 Å². The summed E-state index contributed by atoms with van der Waals surface area (Å²) in [6.07, 6.45) is 1.86. The molecular weight excluding hydrogens is 384 g/mol. The zero-order valence-electron chi connectivity index (χ0n) is 15.3. The lowest BCUT2D eigenvalue weighted by atomic mass is 9.97. The molecule has 0 bridgehead atoms. The topological polar surface area (TPSA) is 88.3 Å². The van der Waals surface area contributed by atoms with Gasteiger partial charge in [-0.3, -0.25) is 0 Å². The van der Waals surface area contributed by atoms with Crippen molar-refractivity contribution in [3.63, 3.8) is 0 Å². The summed E-state index contributed by atoms with van der Waals surface area (Å²) in [4.78, 5) is 7.17. The van der Waals surface area contributed by atoms with E-state index in [0.717, 1.165) is 36.6 Å². The normalized spacial score (nSPS) is 16.3. The zero-order valence-corrected chi connectivity index (χ0v) is 16.9. The van der Waals surface area contributed by atoms with Crippen LogP contribution in [0, 0.1) is 19.8 Å². The number of hydrogen-bond acceptors (Lipinski definition) is 7. The molecule has 1 aliphatic rings. The average Bonchev–Trinajstić information content (AvgIpc) is 3.24. The SMILES string of the molecule is Cc1noc(C)c1S(=O)(=O)NCC1CCN(c2nc3ccccc3s2)CC1. The van der Waals surface area contributed by atoms with Crippen LogP contribution >= 0.6 is 11.3 Å². The zero-order chi connectivity index (χ0) is 19.0. The van der Waals surface area contributed by atoms with E-state index in [0.29, 0.717) is 23.9 Å². The van der Waals surface area contributed by atoms with Gasteiger partial charge in [0.25, 0.3) is 0 Å². The van der Waals surface area contributed by atoms with Crippen molar-refractivity contribution in [2.75, 3.05) is 24.5 Å². The van der Waals surface area contributed by atoms with Crippen molar-refractivity contribution in [1.82, 2.24) is 14.9 Å². The van der Waals surface area contributed by atoms with Gasteiger partial charge in [0, 0.05) is 19.6 Å². The molecule has 0 amide bonds. The Hall–Kier alpha value is -1.97. The van der Waals surface area contributed by atoms with Crippen LogP contribution in [0.5, 0.6) is 0 Å². The molecular formula is C18H22N4O3S2. The molecule has 144 valence electrons. The first-order chi connectivity index (χ1) is 12.9. The summed E-state index contributed by atoms with van der Waals surface area (Å²) < 4.78 is 34.0. The number of para-hydroxylation sites is 1. The number of rotatable bonds is 5. The number of aryl methyl sites for hydroxylation is 2. The smallest absolute Gasteiger partial charge is 0.245 e. The molecule has 7 nitrogen and oxygen atoms in total. The van der Waals surface area contributed by atoms with Crippen molar-refractivity contribution in [2.24, 2.45) is 5.92 Å². The summed E-state index contributed by atoms with van der Waals surface area (Å²) >= 11 is 1.71. The van der Waals surface area contributed by atoms with Crippen LogP contribution in [0.15, 0.2) is 33.7 Å². The Bertz CT molecular complexity index is 997. The largest absolute Gasteiger partial charge is 0.360 e. The van der Waals surface area contributed by atoms with Crippen LogP contribution in [-0.4, -0.2) is 38.2 Å². The van der Waals surface area contributed by atoms with Gasteiger partial charge in [0.1, 0.15) is 10.6 Å². The Morgan fingerprint density at radius 1 is 1.26 bits per heavy atom. The fourth-order valence-electron chi connectivity index (χ4n) is 3.48. The Morgan fingerprint density at radius 2 is 2.00 bits per heavy atom. The second-order valence-corrected chi connectivity index (χ2v) is 9.61. The van der Waals surface area contributed by atoms with Gasteiger partial charge in [-0.05, 0) is 44.7 Å². The van der Waals surface area contributed by atoms with E-state index in [-0.39, 0.29) is 4.90 Å². The maximum Gasteiger partial charge on any atom is 0.245 e. The number of benzene rings is 1. The van der Waals surface area contributed by atoms with Crippen molar-refractivity contribution in [3.8, 4) is 0 Å². The molecule has 0 spiro atoms. The molecule has 1 aliphatic heterocycles. The number of anilines is 1. The van der Waals surface area contributed by atoms with Gasteiger partial charge in [-0.2, -0.15) is 0 Å². The van der Waals surface area contributed by atoms with Gasteiger partial charge in [0.2, 0.25) is 10.0 Å². The molecule has 2 aromatic heterocycles. The van der Waals surface area contributed by atoms with Crippen LogP contribution in [0.4, 0.5) is 5.13 Å². The van der Waals surface area contributed by atoms with E-state index in [4.69, 9.17) is 9.51 Å². The van der Waals surface area contributed by atoms with Gasteiger partial charge < -0.3 is 9.42 Å². The second-order valence-electron chi connectivity index (χ2n) is 6.90. The van der Waals surface area contributed by atoms with Crippen molar-refractivity contribution < 1.29 is 12.9 Å². The van der Waals surface area contributed by atoms with Crippen molar-refractivity contribution in [2.45, 2.75) is 31.6 Å².